The minimum Gasteiger partial charge on any atom is -0.314 e. The Balaban J connectivity index is 3.55. The van der Waals surface area contributed by atoms with Crippen LogP contribution < -0.4 is 5.32 Å². The fourth-order valence-corrected chi connectivity index (χ4v) is 0.387. The van der Waals surface area contributed by atoms with Gasteiger partial charge in [0, 0.05) is 0 Å². The van der Waals surface area contributed by atoms with E-state index in [1.807, 2.05) is 21.1 Å². The Morgan fingerprint density at radius 3 is 2.40 bits per heavy atom. The summed E-state index contributed by atoms with van der Waals surface area (Å²) < 4.78 is 0.722. The summed E-state index contributed by atoms with van der Waals surface area (Å²) in [7, 11) is 6.01. The number of rotatable bonds is 3. The highest BCUT2D eigenvalue weighted by Crippen LogP contribution is 1.84. The molecule has 0 aromatic heterocycles. The van der Waals surface area contributed by atoms with Crippen LogP contribution in [0.2, 0.25) is 0 Å². The number of amides is 1. The first-order valence-corrected chi connectivity index (χ1v) is 3.16. The molecule has 0 unspecified atom stereocenters. The molecule has 0 fully saturated rings. The third-order valence-corrected chi connectivity index (χ3v) is 0.913. The lowest BCUT2D eigenvalue weighted by molar-refractivity contribution is -0.872. The Morgan fingerprint density at radius 1 is 1.60 bits per heavy atom. The van der Waals surface area contributed by atoms with E-state index < -0.39 is 0 Å². The first kappa shape index (κ1) is 9.17. The Hall–Kier alpha value is -0.830. The molecule has 0 radical (unpaired) electrons. The summed E-state index contributed by atoms with van der Waals surface area (Å²) >= 11 is 0. The van der Waals surface area contributed by atoms with Crippen molar-refractivity contribution in [3.05, 3.63) is 12.7 Å². The lowest BCUT2D eigenvalue weighted by Gasteiger charge is -2.23. The molecule has 0 rings (SSSR count). The van der Waals surface area contributed by atoms with Crippen LogP contribution in [0.5, 0.6) is 0 Å². The van der Waals surface area contributed by atoms with E-state index in [4.69, 9.17) is 0 Å². The molecule has 0 bridgehead atoms. The number of nitrogens with zero attached hydrogens (tertiary/aromatic N) is 1. The number of carbonyl (C=O) groups is 1. The number of carbonyl (C=O) groups excluding carboxylic acids is 1. The van der Waals surface area contributed by atoms with Gasteiger partial charge in [-0.15, -0.1) is 0 Å². The molecule has 0 aromatic rings. The van der Waals surface area contributed by atoms with Gasteiger partial charge in [0.05, 0.1) is 21.1 Å². The molecule has 0 saturated carbocycles. The molecule has 3 heteroatoms. The molecule has 10 heavy (non-hydrogen) atoms. The largest absolute Gasteiger partial charge is 0.314 e. The van der Waals surface area contributed by atoms with Crippen molar-refractivity contribution in [3.63, 3.8) is 0 Å². The van der Waals surface area contributed by atoms with Crippen molar-refractivity contribution in [2.24, 2.45) is 0 Å². The lowest BCUT2D eigenvalue weighted by Crippen LogP contribution is -2.44. The molecule has 0 atom stereocenters. The maximum atomic E-state index is 10.6. The van der Waals surface area contributed by atoms with Gasteiger partial charge in [-0.25, -0.2) is 0 Å². The Labute approximate surface area is 61.9 Å². The smallest absolute Gasteiger partial charge is 0.247 e. The summed E-state index contributed by atoms with van der Waals surface area (Å²) in [5, 5.41) is 2.69. The van der Waals surface area contributed by atoms with E-state index in [0.717, 1.165) is 4.48 Å². The van der Waals surface area contributed by atoms with Crippen molar-refractivity contribution in [1.29, 1.82) is 0 Å². The van der Waals surface area contributed by atoms with Gasteiger partial charge in [0.1, 0.15) is 0 Å². The zero-order valence-electron chi connectivity index (χ0n) is 6.85. The van der Waals surface area contributed by atoms with E-state index >= 15 is 0 Å². The van der Waals surface area contributed by atoms with Crippen molar-refractivity contribution in [2.45, 2.75) is 0 Å². The fraction of sp³-hybridized carbons (Fsp3) is 0.571. The van der Waals surface area contributed by atoms with E-state index in [-0.39, 0.29) is 5.91 Å². The molecule has 0 heterocycles. The van der Waals surface area contributed by atoms with Gasteiger partial charge in [0.25, 0.3) is 0 Å². The average Bonchev–Trinajstić information content (AvgIpc) is 1.81. The van der Waals surface area contributed by atoms with E-state index in [1.54, 1.807) is 0 Å². The third kappa shape index (κ3) is 5.31. The molecule has 0 spiro atoms. The first-order valence-electron chi connectivity index (χ1n) is 3.16. The second-order valence-electron chi connectivity index (χ2n) is 3.19. The fourth-order valence-electron chi connectivity index (χ4n) is 0.387. The van der Waals surface area contributed by atoms with Gasteiger partial charge in [-0.3, -0.25) is 4.79 Å². The van der Waals surface area contributed by atoms with Crippen LogP contribution >= 0.6 is 0 Å². The zero-order valence-corrected chi connectivity index (χ0v) is 6.85. The molecule has 1 N–H and O–H groups in total. The Morgan fingerprint density at radius 2 is 2.10 bits per heavy atom. The zero-order chi connectivity index (χ0) is 8.20. The van der Waals surface area contributed by atoms with Crippen molar-refractivity contribution >= 4 is 5.91 Å². The molecule has 0 aromatic carbocycles. The first-order chi connectivity index (χ1) is 4.45. The molecule has 0 aliphatic rings. The summed E-state index contributed by atoms with van der Waals surface area (Å²) in [6.07, 6.45) is 1.27. The van der Waals surface area contributed by atoms with Crippen LogP contribution in [0, 0.1) is 0 Å². The van der Waals surface area contributed by atoms with E-state index in [1.165, 1.54) is 6.08 Å². The van der Waals surface area contributed by atoms with Gasteiger partial charge < -0.3 is 9.80 Å². The molecule has 3 nitrogen and oxygen atoms in total. The third-order valence-electron chi connectivity index (χ3n) is 0.913. The number of hydrogen-bond donors (Lipinski definition) is 1. The van der Waals surface area contributed by atoms with Crippen LogP contribution in [-0.2, 0) is 4.79 Å². The van der Waals surface area contributed by atoms with E-state index in [9.17, 15) is 4.79 Å². The second kappa shape index (κ2) is 3.37. The monoisotopic (exact) mass is 143 g/mol. The molecule has 0 aliphatic heterocycles. The van der Waals surface area contributed by atoms with Crippen molar-refractivity contribution < 1.29 is 9.28 Å². The maximum Gasteiger partial charge on any atom is 0.247 e. The van der Waals surface area contributed by atoms with Gasteiger partial charge in [-0.1, -0.05) is 6.58 Å². The van der Waals surface area contributed by atoms with Gasteiger partial charge in [-0.2, -0.15) is 0 Å². The van der Waals surface area contributed by atoms with Crippen LogP contribution in [0.3, 0.4) is 0 Å². The van der Waals surface area contributed by atoms with Crippen LogP contribution in [0.25, 0.3) is 0 Å². The van der Waals surface area contributed by atoms with Crippen LogP contribution in [0.1, 0.15) is 0 Å². The summed E-state index contributed by atoms with van der Waals surface area (Å²) in [6.45, 7) is 3.97. The molecule has 0 saturated heterocycles. The molecular weight excluding hydrogens is 128 g/mol. The second-order valence-corrected chi connectivity index (χ2v) is 3.19. The van der Waals surface area contributed by atoms with Gasteiger partial charge >= 0.3 is 0 Å². The topological polar surface area (TPSA) is 29.1 Å². The highest BCUT2D eigenvalue weighted by atomic mass is 16.1. The predicted octanol–water partition coefficient (Wildman–Crippen LogP) is -0.0477. The van der Waals surface area contributed by atoms with Gasteiger partial charge in [0.15, 0.2) is 6.67 Å². The lowest BCUT2D eigenvalue weighted by atomic mass is 10.6. The summed E-state index contributed by atoms with van der Waals surface area (Å²) in [5.41, 5.74) is 0. The van der Waals surface area contributed by atoms with E-state index in [0.29, 0.717) is 6.67 Å². The standard InChI is InChI=1S/C7H14N2O/c1-5-7(10)8-6-9(2,3)4/h5H,1,6H2,2-4H3/p+1. The van der Waals surface area contributed by atoms with Crippen molar-refractivity contribution in [2.75, 3.05) is 27.8 Å². The molecule has 58 valence electrons. The van der Waals surface area contributed by atoms with Crippen LogP contribution in [-0.4, -0.2) is 38.2 Å². The maximum absolute atomic E-state index is 10.6. The normalized spacial score (nSPS) is 10.7. The predicted molar refractivity (Wildman–Crippen MR) is 41.2 cm³/mol. The molecule has 1 amide bonds. The number of hydrogen-bond acceptors (Lipinski definition) is 1. The quantitative estimate of drug-likeness (QED) is 0.335. The highest BCUT2D eigenvalue weighted by molar-refractivity contribution is 5.86. The number of quaternary nitrogens is 1. The summed E-state index contributed by atoms with van der Waals surface area (Å²) in [4.78, 5) is 10.6. The average molecular weight is 143 g/mol. The van der Waals surface area contributed by atoms with Crippen LogP contribution in [0.4, 0.5) is 0 Å². The Bertz CT molecular complexity index is 135. The van der Waals surface area contributed by atoms with Gasteiger partial charge in [-0.05, 0) is 6.08 Å². The summed E-state index contributed by atoms with van der Waals surface area (Å²) in [5.74, 6) is -0.118. The molecular formula is C7H15N2O+. The highest BCUT2D eigenvalue weighted by Gasteiger charge is 2.05. The minimum absolute atomic E-state index is 0.118. The van der Waals surface area contributed by atoms with E-state index in [2.05, 4.69) is 11.9 Å². The van der Waals surface area contributed by atoms with Crippen molar-refractivity contribution in [1.82, 2.24) is 5.32 Å². The van der Waals surface area contributed by atoms with Crippen molar-refractivity contribution in [3.8, 4) is 0 Å². The minimum atomic E-state index is -0.118. The SMILES string of the molecule is C=CC(=O)NC[N+](C)(C)C. The Kier molecular flexibility index (Phi) is 3.09. The van der Waals surface area contributed by atoms with Crippen LogP contribution in [0.15, 0.2) is 12.7 Å². The van der Waals surface area contributed by atoms with Gasteiger partial charge in [0.2, 0.25) is 5.91 Å². The number of nitrogens with one attached hydrogen (secondary N) is 1. The summed E-state index contributed by atoms with van der Waals surface area (Å²) in [6, 6.07) is 0. The molecule has 0 aliphatic carbocycles.